The first-order valence-corrected chi connectivity index (χ1v) is 11.7. The summed E-state index contributed by atoms with van der Waals surface area (Å²) in [6, 6.07) is 11.5. The standard InChI is InChI=1S/C24H28N4O4S/c1-17(2)23(29)27-20-8-5-9-22(15-20)33(31,32)21-12-10-19(11-13-21)28-24(30)26-16-18(3)7-6-14-25-4/h5-15,17H,4,16H2,1-3H3,(H,27,29)(H2,26,28,30)/b14-6-,18-7+. The average molecular weight is 469 g/mol. The van der Waals surface area contributed by atoms with E-state index < -0.39 is 15.9 Å². The number of aliphatic imine (C=N–C) groups is 1. The number of hydrogen-bond donors (Lipinski definition) is 3. The molecule has 174 valence electrons. The molecule has 0 bridgehead atoms. The molecule has 8 nitrogen and oxygen atoms in total. The van der Waals surface area contributed by atoms with E-state index >= 15 is 0 Å². The maximum absolute atomic E-state index is 13.0. The molecule has 0 aliphatic carbocycles. The fourth-order valence-electron chi connectivity index (χ4n) is 2.60. The zero-order valence-electron chi connectivity index (χ0n) is 18.8. The van der Waals surface area contributed by atoms with Crippen molar-refractivity contribution in [3.8, 4) is 0 Å². The number of nitrogens with one attached hydrogen (secondary N) is 3. The van der Waals surface area contributed by atoms with Gasteiger partial charge >= 0.3 is 6.03 Å². The lowest BCUT2D eigenvalue weighted by Gasteiger charge is -2.11. The van der Waals surface area contributed by atoms with E-state index in [0.717, 1.165) is 5.57 Å². The second-order valence-electron chi connectivity index (χ2n) is 7.54. The number of allylic oxidation sites excluding steroid dienone is 2. The molecule has 0 spiro atoms. The first-order valence-electron chi connectivity index (χ1n) is 10.2. The summed E-state index contributed by atoms with van der Waals surface area (Å²) in [5, 5.41) is 8.06. The van der Waals surface area contributed by atoms with Crippen molar-refractivity contribution < 1.29 is 18.0 Å². The number of anilines is 2. The Bertz CT molecular complexity index is 1170. The Balaban J connectivity index is 2.06. The van der Waals surface area contributed by atoms with Gasteiger partial charge in [0.1, 0.15) is 0 Å². The van der Waals surface area contributed by atoms with Gasteiger partial charge in [-0.25, -0.2) is 13.2 Å². The topological polar surface area (TPSA) is 117 Å². The van der Waals surface area contributed by atoms with Crippen LogP contribution in [-0.4, -0.2) is 33.6 Å². The summed E-state index contributed by atoms with van der Waals surface area (Å²) < 4.78 is 26.0. The highest BCUT2D eigenvalue weighted by atomic mass is 32.2. The van der Waals surface area contributed by atoms with Crippen molar-refractivity contribution in [1.82, 2.24) is 5.32 Å². The van der Waals surface area contributed by atoms with E-state index in [0.29, 0.717) is 17.9 Å². The second kappa shape index (κ2) is 11.8. The van der Waals surface area contributed by atoms with Crippen molar-refractivity contribution in [1.29, 1.82) is 0 Å². The van der Waals surface area contributed by atoms with E-state index in [1.54, 1.807) is 38.1 Å². The van der Waals surface area contributed by atoms with Crippen LogP contribution in [0, 0.1) is 5.92 Å². The van der Waals surface area contributed by atoms with Gasteiger partial charge in [0.25, 0.3) is 0 Å². The fourth-order valence-corrected chi connectivity index (χ4v) is 3.91. The number of rotatable bonds is 9. The minimum absolute atomic E-state index is 0.0606. The first-order chi connectivity index (χ1) is 15.6. The number of carbonyl (C=O) groups excluding carboxylic acids is 2. The van der Waals surface area contributed by atoms with Crippen LogP contribution in [0.3, 0.4) is 0 Å². The first kappa shape index (κ1) is 25.5. The Morgan fingerprint density at radius 3 is 2.36 bits per heavy atom. The predicted molar refractivity (Wildman–Crippen MR) is 131 cm³/mol. The molecule has 0 saturated carbocycles. The van der Waals surface area contributed by atoms with Crippen molar-refractivity contribution in [3.63, 3.8) is 0 Å². The zero-order valence-corrected chi connectivity index (χ0v) is 19.6. The molecule has 0 radical (unpaired) electrons. The smallest absolute Gasteiger partial charge is 0.319 e. The fraction of sp³-hybridized carbons (Fsp3) is 0.208. The molecule has 3 N–H and O–H groups in total. The monoisotopic (exact) mass is 468 g/mol. The third-order valence-corrected chi connectivity index (χ3v) is 6.23. The maximum Gasteiger partial charge on any atom is 0.319 e. The Kier molecular flexibility index (Phi) is 9.11. The Hall–Kier alpha value is -3.72. The van der Waals surface area contributed by atoms with E-state index in [2.05, 4.69) is 27.7 Å². The van der Waals surface area contributed by atoms with Crippen molar-refractivity contribution in [2.75, 3.05) is 17.2 Å². The van der Waals surface area contributed by atoms with Gasteiger partial charge in [-0.3, -0.25) is 9.79 Å². The number of amides is 3. The van der Waals surface area contributed by atoms with Crippen molar-refractivity contribution >= 4 is 39.9 Å². The molecule has 2 aromatic carbocycles. The summed E-state index contributed by atoms with van der Waals surface area (Å²) in [7, 11) is -3.80. The molecule has 0 unspecified atom stereocenters. The van der Waals surface area contributed by atoms with Crippen LogP contribution in [0.1, 0.15) is 20.8 Å². The molecule has 0 fully saturated rings. The molecule has 2 rings (SSSR count). The van der Waals surface area contributed by atoms with Crippen molar-refractivity contribution in [2.45, 2.75) is 30.6 Å². The summed E-state index contributed by atoms with van der Waals surface area (Å²) in [6.45, 7) is 9.04. The van der Waals surface area contributed by atoms with Gasteiger partial charge in [0.15, 0.2) is 0 Å². The minimum Gasteiger partial charge on any atom is -0.334 e. The normalized spacial score (nSPS) is 11.9. The van der Waals surface area contributed by atoms with Gasteiger partial charge < -0.3 is 16.0 Å². The van der Waals surface area contributed by atoms with Gasteiger partial charge in [0, 0.05) is 30.0 Å². The zero-order chi connectivity index (χ0) is 24.4. The number of nitrogens with zero attached hydrogens (tertiary/aromatic N) is 1. The highest BCUT2D eigenvalue weighted by molar-refractivity contribution is 7.91. The molecule has 0 aliphatic heterocycles. The van der Waals surface area contributed by atoms with E-state index in [-0.39, 0.29) is 21.6 Å². The molecule has 2 aromatic rings. The Morgan fingerprint density at radius 1 is 1.03 bits per heavy atom. The summed E-state index contributed by atoms with van der Waals surface area (Å²) >= 11 is 0. The van der Waals surface area contributed by atoms with Crippen LogP contribution in [-0.2, 0) is 14.6 Å². The SMILES string of the molecule is C=N/C=C\C=C(/C)CNC(=O)Nc1ccc(S(=O)(=O)c2cccc(NC(=O)C(C)C)c2)cc1. The summed E-state index contributed by atoms with van der Waals surface area (Å²) in [4.78, 5) is 27.7. The second-order valence-corrected chi connectivity index (χ2v) is 9.49. The van der Waals surface area contributed by atoms with Crippen LogP contribution in [0.25, 0.3) is 0 Å². The molecule has 0 atom stereocenters. The van der Waals surface area contributed by atoms with E-state index in [1.165, 1.54) is 42.6 Å². The number of hydrogen-bond acceptors (Lipinski definition) is 5. The molecule has 33 heavy (non-hydrogen) atoms. The number of carbonyl (C=O) groups is 2. The van der Waals surface area contributed by atoms with E-state index in [4.69, 9.17) is 0 Å². The highest BCUT2D eigenvalue weighted by Crippen LogP contribution is 2.24. The van der Waals surface area contributed by atoms with Gasteiger partial charge in [0.2, 0.25) is 15.7 Å². The predicted octanol–water partition coefficient (Wildman–Crippen LogP) is 4.40. The van der Waals surface area contributed by atoms with Crippen LogP contribution in [0.4, 0.5) is 16.2 Å². The summed E-state index contributed by atoms with van der Waals surface area (Å²) in [5.41, 5.74) is 1.77. The van der Waals surface area contributed by atoms with Crippen molar-refractivity contribution in [2.24, 2.45) is 10.9 Å². The molecular formula is C24H28N4O4S. The number of urea groups is 1. The van der Waals surface area contributed by atoms with Gasteiger partial charge in [-0.05, 0) is 62.2 Å². The van der Waals surface area contributed by atoms with E-state index in [1.807, 2.05) is 6.92 Å². The largest absolute Gasteiger partial charge is 0.334 e. The Labute approximate surface area is 194 Å². The molecule has 0 aromatic heterocycles. The third kappa shape index (κ3) is 7.73. The molecule has 0 heterocycles. The number of benzene rings is 2. The van der Waals surface area contributed by atoms with Crippen LogP contribution in [0.5, 0.6) is 0 Å². The van der Waals surface area contributed by atoms with Crippen LogP contribution in [0.2, 0.25) is 0 Å². The number of sulfone groups is 1. The lowest BCUT2D eigenvalue weighted by molar-refractivity contribution is -0.118. The van der Waals surface area contributed by atoms with E-state index in [9.17, 15) is 18.0 Å². The lowest BCUT2D eigenvalue weighted by atomic mass is 10.2. The Morgan fingerprint density at radius 2 is 1.73 bits per heavy atom. The average Bonchev–Trinajstić information content (AvgIpc) is 2.78. The molecule has 0 saturated heterocycles. The molecule has 0 aliphatic rings. The summed E-state index contributed by atoms with van der Waals surface area (Å²) in [6.07, 6.45) is 5.06. The molecule has 3 amide bonds. The van der Waals surface area contributed by atoms with Crippen LogP contribution in [0.15, 0.2) is 87.2 Å². The van der Waals surface area contributed by atoms with Gasteiger partial charge in [-0.1, -0.05) is 31.6 Å². The minimum atomic E-state index is -3.80. The summed E-state index contributed by atoms with van der Waals surface area (Å²) in [5.74, 6) is -0.428. The highest BCUT2D eigenvalue weighted by Gasteiger charge is 2.19. The van der Waals surface area contributed by atoms with Gasteiger partial charge in [0.05, 0.1) is 9.79 Å². The third-order valence-electron chi connectivity index (χ3n) is 4.46. The lowest BCUT2D eigenvalue weighted by Crippen LogP contribution is -2.29. The molecular weight excluding hydrogens is 440 g/mol. The van der Waals surface area contributed by atoms with Crippen molar-refractivity contribution in [3.05, 3.63) is 72.5 Å². The maximum atomic E-state index is 13.0. The van der Waals surface area contributed by atoms with Crippen LogP contribution < -0.4 is 16.0 Å². The van der Waals surface area contributed by atoms with Crippen LogP contribution >= 0.6 is 0 Å². The van der Waals surface area contributed by atoms with Gasteiger partial charge in [-0.2, -0.15) is 0 Å². The molecule has 9 heteroatoms. The van der Waals surface area contributed by atoms with Gasteiger partial charge in [-0.15, -0.1) is 0 Å². The quantitative estimate of drug-likeness (QED) is 0.374.